The lowest BCUT2D eigenvalue weighted by Crippen LogP contribution is -1.97. The molecule has 1 aromatic heterocycles. The van der Waals surface area contributed by atoms with E-state index in [1.165, 1.54) is 11.3 Å². The summed E-state index contributed by atoms with van der Waals surface area (Å²) in [5.41, 5.74) is 3.33. The predicted molar refractivity (Wildman–Crippen MR) is 57.6 cm³/mol. The number of benzene rings is 1. The summed E-state index contributed by atoms with van der Waals surface area (Å²) in [4.78, 5) is 4.11. The first-order valence-corrected chi connectivity index (χ1v) is 6.63. The Labute approximate surface area is 86.3 Å². The molecule has 0 fully saturated rings. The van der Waals surface area contributed by atoms with Crippen molar-refractivity contribution >= 4 is 31.4 Å². The van der Waals surface area contributed by atoms with Gasteiger partial charge in [0.15, 0.2) is 9.84 Å². The Morgan fingerprint density at radius 2 is 2.21 bits per heavy atom. The average Bonchev–Trinajstić information content (AvgIpc) is 2.49. The SMILES string of the molecule is [CH2]S(=O)(=O)Cc1cccc2ncsc12. The molecule has 0 N–H and O–H groups in total. The first-order chi connectivity index (χ1) is 6.56. The molecular formula is C9H8NO2S2. The minimum Gasteiger partial charge on any atom is -0.245 e. The number of aromatic nitrogens is 1. The minimum absolute atomic E-state index is 0.0213. The van der Waals surface area contributed by atoms with E-state index in [1.807, 2.05) is 12.1 Å². The van der Waals surface area contributed by atoms with Crippen LogP contribution in [0, 0.1) is 6.26 Å². The molecule has 1 radical (unpaired) electrons. The molecular weight excluding hydrogens is 218 g/mol. The Morgan fingerprint density at radius 1 is 1.43 bits per heavy atom. The molecule has 0 spiro atoms. The molecule has 0 bridgehead atoms. The monoisotopic (exact) mass is 226 g/mol. The topological polar surface area (TPSA) is 47.0 Å². The van der Waals surface area contributed by atoms with Gasteiger partial charge in [-0.3, -0.25) is 0 Å². The zero-order valence-electron chi connectivity index (χ0n) is 7.30. The highest BCUT2D eigenvalue weighted by Crippen LogP contribution is 2.23. The van der Waals surface area contributed by atoms with Crippen molar-refractivity contribution in [3.8, 4) is 0 Å². The van der Waals surface area contributed by atoms with E-state index >= 15 is 0 Å². The van der Waals surface area contributed by atoms with E-state index in [4.69, 9.17) is 0 Å². The van der Waals surface area contributed by atoms with Gasteiger partial charge in [0.1, 0.15) is 0 Å². The van der Waals surface area contributed by atoms with Crippen molar-refractivity contribution < 1.29 is 8.42 Å². The average molecular weight is 226 g/mol. The van der Waals surface area contributed by atoms with Gasteiger partial charge < -0.3 is 0 Å². The highest BCUT2D eigenvalue weighted by molar-refractivity contribution is 7.91. The lowest BCUT2D eigenvalue weighted by Gasteiger charge is -1.99. The lowest BCUT2D eigenvalue weighted by atomic mass is 10.2. The van der Waals surface area contributed by atoms with Crippen LogP contribution in [0.1, 0.15) is 5.56 Å². The second-order valence-corrected chi connectivity index (χ2v) is 5.64. The van der Waals surface area contributed by atoms with Crippen molar-refractivity contribution in [2.75, 3.05) is 0 Å². The molecule has 0 unspecified atom stereocenters. The van der Waals surface area contributed by atoms with Crippen LogP contribution in [0.4, 0.5) is 0 Å². The van der Waals surface area contributed by atoms with E-state index in [-0.39, 0.29) is 5.75 Å². The number of rotatable bonds is 2. The highest BCUT2D eigenvalue weighted by atomic mass is 32.2. The summed E-state index contributed by atoms with van der Waals surface area (Å²) in [6.45, 7) is 0. The second-order valence-electron chi connectivity index (χ2n) is 3.01. The third-order valence-corrected chi connectivity index (χ3v) is 3.48. The van der Waals surface area contributed by atoms with Gasteiger partial charge in [-0.2, -0.15) is 0 Å². The number of fused-ring (bicyclic) bond motifs is 1. The summed E-state index contributed by atoms with van der Waals surface area (Å²) in [6, 6.07) is 5.47. The lowest BCUT2D eigenvalue weighted by molar-refractivity contribution is 0.604. The summed E-state index contributed by atoms with van der Waals surface area (Å²) < 4.78 is 23.0. The summed E-state index contributed by atoms with van der Waals surface area (Å²) >= 11 is 1.45. The Bertz CT molecular complexity index is 557. The largest absolute Gasteiger partial charge is 0.245 e. The second kappa shape index (κ2) is 3.33. The molecule has 0 atom stereocenters. The molecule has 0 aliphatic carbocycles. The molecule has 1 aromatic carbocycles. The molecule has 73 valence electrons. The van der Waals surface area contributed by atoms with Crippen LogP contribution in [-0.2, 0) is 15.6 Å². The molecule has 14 heavy (non-hydrogen) atoms. The Morgan fingerprint density at radius 3 is 2.93 bits per heavy atom. The first-order valence-electron chi connectivity index (χ1n) is 3.93. The number of nitrogens with zero attached hydrogens (tertiary/aromatic N) is 1. The van der Waals surface area contributed by atoms with Crippen LogP contribution in [0.5, 0.6) is 0 Å². The smallest absolute Gasteiger partial charge is 0.155 e. The van der Waals surface area contributed by atoms with Gasteiger partial charge >= 0.3 is 0 Å². The van der Waals surface area contributed by atoms with E-state index < -0.39 is 9.84 Å². The van der Waals surface area contributed by atoms with Crippen LogP contribution in [0.25, 0.3) is 10.2 Å². The number of sulfone groups is 1. The van der Waals surface area contributed by atoms with E-state index in [2.05, 4.69) is 11.2 Å². The van der Waals surface area contributed by atoms with Gasteiger partial charge in [0.05, 0.1) is 27.7 Å². The third kappa shape index (κ3) is 1.93. The van der Waals surface area contributed by atoms with E-state index in [1.54, 1.807) is 11.6 Å². The Balaban J connectivity index is 2.57. The van der Waals surface area contributed by atoms with Gasteiger partial charge in [-0.1, -0.05) is 12.1 Å². The van der Waals surface area contributed by atoms with Crippen LogP contribution in [0.2, 0.25) is 0 Å². The molecule has 0 saturated heterocycles. The van der Waals surface area contributed by atoms with Crippen LogP contribution in [-0.4, -0.2) is 13.4 Å². The first kappa shape index (κ1) is 9.61. The number of thiazole rings is 1. The Kier molecular flexibility index (Phi) is 2.28. The van der Waals surface area contributed by atoms with Gasteiger partial charge in [-0.05, 0) is 11.6 Å². The summed E-state index contributed by atoms with van der Waals surface area (Å²) in [7, 11) is -3.22. The standard InChI is InChI=1S/C9H8NO2S2/c1-14(11,12)5-7-3-2-4-8-9(7)13-6-10-8/h2-4,6H,1,5H2. The summed E-state index contributed by atoms with van der Waals surface area (Å²) in [5, 5.41) is 0. The van der Waals surface area contributed by atoms with Crippen molar-refractivity contribution in [2.24, 2.45) is 0 Å². The van der Waals surface area contributed by atoms with Crippen molar-refractivity contribution in [1.29, 1.82) is 0 Å². The molecule has 0 aliphatic heterocycles. The summed E-state index contributed by atoms with van der Waals surface area (Å²) in [6.07, 6.45) is 3.11. The van der Waals surface area contributed by atoms with Gasteiger partial charge in [0.25, 0.3) is 0 Å². The Hall–Kier alpha value is -0.940. The van der Waals surface area contributed by atoms with Crippen LogP contribution >= 0.6 is 11.3 Å². The number of hydrogen-bond donors (Lipinski definition) is 0. The summed E-state index contributed by atoms with van der Waals surface area (Å²) in [5.74, 6) is -0.0213. The maximum atomic E-state index is 11.0. The molecule has 0 saturated carbocycles. The molecule has 3 nitrogen and oxygen atoms in total. The zero-order chi connectivity index (χ0) is 10.2. The molecule has 1 heterocycles. The maximum Gasteiger partial charge on any atom is 0.155 e. The van der Waals surface area contributed by atoms with Crippen LogP contribution < -0.4 is 0 Å². The quantitative estimate of drug-likeness (QED) is 0.787. The van der Waals surface area contributed by atoms with Crippen molar-refractivity contribution in [2.45, 2.75) is 5.75 Å². The fourth-order valence-corrected chi connectivity index (χ4v) is 2.91. The predicted octanol–water partition coefficient (Wildman–Crippen LogP) is 2.00. The van der Waals surface area contributed by atoms with Gasteiger partial charge in [0.2, 0.25) is 0 Å². The van der Waals surface area contributed by atoms with Crippen LogP contribution in [0.3, 0.4) is 0 Å². The van der Waals surface area contributed by atoms with Crippen molar-refractivity contribution in [3.05, 3.63) is 35.5 Å². The van der Waals surface area contributed by atoms with Crippen molar-refractivity contribution in [3.63, 3.8) is 0 Å². The van der Waals surface area contributed by atoms with Gasteiger partial charge in [-0.15, -0.1) is 11.3 Å². The zero-order valence-corrected chi connectivity index (χ0v) is 8.94. The van der Waals surface area contributed by atoms with E-state index in [0.717, 1.165) is 15.8 Å². The fraction of sp³-hybridized carbons (Fsp3) is 0.111. The third-order valence-electron chi connectivity index (χ3n) is 1.81. The van der Waals surface area contributed by atoms with Crippen molar-refractivity contribution in [1.82, 2.24) is 4.98 Å². The fourth-order valence-electron chi connectivity index (χ4n) is 1.30. The molecule has 0 amide bonds. The normalized spacial score (nSPS) is 12.1. The van der Waals surface area contributed by atoms with Gasteiger partial charge in [0, 0.05) is 0 Å². The molecule has 2 aromatic rings. The molecule has 2 rings (SSSR count). The maximum absolute atomic E-state index is 11.0. The van der Waals surface area contributed by atoms with Crippen LogP contribution in [0.15, 0.2) is 23.7 Å². The minimum atomic E-state index is -3.22. The number of hydrogen-bond acceptors (Lipinski definition) is 4. The van der Waals surface area contributed by atoms with Gasteiger partial charge in [-0.25, -0.2) is 13.4 Å². The van der Waals surface area contributed by atoms with E-state index in [0.29, 0.717) is 0 Å². The van der Waals surface area contributed by atoms with E-state index in [9.17, 15) is 8.42 Å². The molecule has 5 heteroatoms. The highest BCUT2D eigenvalue weighted by Gasteiger charge is 2.09. The molecule has 0 aliphatic rings.